The molecule has 0 bridgehead atoms. The number of halogens is 1. The van der Waals surface area contributed by atoms with E-state index < -0.39 is 27.0 Å². The molecular formula is C39H33FGeIrN2S-2. The van der Waals surface area contributed by atoms with Crippen molar-refractivity contribution in [1.29, 1.82) is 0 Å². The Morgan fingerprint density at radius 1 is 0.778 bits per heavy atom. The quantitative estimate of drug-likeness (QED) is 0.130. The number of fused-ring (bicyclic) bond motifs is 3. The SMILES string of the molecule is [2H]C([2H])([2H])c1c[c-]c(-c2cc[c]([Ge]([CH3])([CH3])[CH3])cn2)cc1.[2H]C([2H])([2H])c1cnc(-c2[c-]ccc3c2sc2c(F)cccc23)cc1-c1ccccc1.[Ir]. The largest absolute Gasteiger partial charge is 0.304 e. The molecule has 4 aromatic carbocycles. The third-order valence-corrected chi connectivity index (χ3v) is 12.9. The Balaban J connectivity index is 0.000000211. The Labute approximate surface area is 293 Å². The molecule has 0 atom stereocenters. The molecule has 0 aliphatic heterocycles. The van der Waals surface area contributed by atoms with Gasteiger partial charge in [0.25, 0.3) is 0 Å². The van der Waals surface area contributed by atoms with E-state index in [1.54, 1.807) is 30.3 Å². The number of hydrogen-bond acceptors (Lipinski definition) is 3. The van der Waals surface area contributed by atoms with Crippen LogP contribution in [0.2, 0.25) is 17.3 Å². The Kier molecular flexibility index (Phi) is 7.92. The summed E-state index contributed by atoms with van der Waals surface area (Å²) >= 11 is -0.467. The maximum Gasteiger partial charge on any atom is 0.140 e. The number of rotatable bonds is 4. The van der Waals surface area contributed by atoms with Crippen molar-refractivity contribution < 1.29 is 32.7 Å². The smallest absolute Gasteiger partial charge is 0.140 e. The van der Waals surface area contributed by atoms with Crippen molar-refractivity contribution >= 4 is 49.2 Å². The van der Waals surface area contributed by atoms with Gasteiger partial charge in [-0.05, 0) is 45.4 Å². The zero-order valence-corrected chi connectivity index (χ0v) is 30.2. The predicted octanol–water partition coefficient (Wildman–Crippen LogP) is 10.4. The van der Waals surface area contributed by atoms with E-state index in [2.05, 4.69) is 45.4 Å². The average molecular weight is 852 g/mol. The Morgan fingerprint density at radius 3 is 2.27 bits per heavy atom. The monoisotopic (exact) mass is 853 g/mol. The maximum absolute atomic E-state index is 14.4. The summed E-state index contributed by atoms with van der Waals surface area (Å²) in [6.45, 7) is -4.36. The normalized spacial score (nSPS) is 13.7. The predicted molar refractivity (Wildman–Crippen MR) is 188 cm³/mol. The summed E-state index contributed by atoms with van der Waals surface area (Å²) in [5, 5.41) is 1.79. The van der Waals surface area contributed by atoms with Crippen LogP contribution in [0.3, 0.4) is 0 Å². The van der Waals surface area contributed by atoms with Crippen molar-refractivity contribution in [2.45, 2.75) is 31.0 Å². The molecule has 227 valence electrons. The van der Waals surface area contributed by atoms with Crippen molar-refractivity contribution in [2.24, 2.45) is 0 Å². The van der Waals surface area contributed by atoms with Gasteiger partial charge < -0.3 is 4.98 Å². The van der Waals surface area contributed by atoms with Crippen LogP contribution in [0, 0.1) is 31.7 Å². The molecule has 0 unspecified atom stereocenters. The summed E-state index contributed by atoms with van der Waals surface area (Å²) in [7, 11) is 0. The fourth-order valence-corrected chi connectivity index (χ4v) is 8.33. The van der Waals surface area contributed by atoms with Crippen molar-refractivity contribution in [2.75, 3.05) is 0 Å². The summed E-state index contributed by atoms with van der Waals surface area (Å²) < 4.78 is 63.0. The molecule has 0 N–H and O–H groups in total. The van der Waals surface area contributed by atoms with Crippen LogP contribution in [0.1, 0.15) is 19.4 Å². The van der Waals surface area contributed by atoms with Crippen molar-refractivity contribution in [3.63, 3.8) is 0 Å². The first-order valence-electron chi connectivity index (χ1n) is 17.2. The first-order valence-corrected chi connectivity index (χ1v) is 22.3. The van der Waals surface area contributed by atoms with Gasteiger partial charge >= 0.3 is 110 Å². The fourth-order valence-electron chi connectivity index (χ4n) is 4.95. The van der Waals surface area contributed by atoms with Gasteiger partial charge in [0.05, 0.1) is 4.70 Å². The Morgan fingerprint density at radius 2 is 1.58 bits per heavy atom. The molecule has 3 aromatic heterocycles. The molecule has 2 nitrogen and oxygen atoms in total. The summed E-state index contributed by atoms with van der Waals surface area (Å²) in [5.74, 6) is 6.73. The second kappa shape index (κ2) is 13.9. The average Bonchev–Trinajstić information content (AvgIpc) is 3.48. The molecule has 0 spiro atoms. The summed E-state index contributed by atoms with van der Waals surface area (Å²) in [4.78, 5) is 8.95. The topological polar surface area (TPSA) is 25.8 Å². The number of aryl methyl sites for hydroxylation is 2. The Hall–Kier alpha value is -3.48. The number of pyridine rings is 2. The molecule has 0 saturated carbocycles. The molecule has 45 heavy (non-hydrogen) atoms. The molecule has 0 aliphatic rings. The van der Waals surface area contributed by atoms with Crippen molar-refractivity contribution in [3.8, 4) is 33.6 Å². The van der Waals surface area contributed by atoms with Gasteiger partial charge in [0.2, 0.25) is 0 Å². The van der Waals surface area contributed by atoms with E-state index in [4.69, 9.17) is 8.22 Å². The minimum Gasteiger partial charge on any atom is -0.304 e. The van der Waals surface area contributed by atoms with Crippen LogP contribution in [-0.2, 0) is 20.1 Å². The minimum absolute atomic E-state index is 0. The Bertz CT molecular complexity index is 2230. The molecule has 0 saturated heterocycles. The van der Waals surface area contributed by atoms with E-state index in [1.165, 1.54) is 34.1 Å². The molecule has 0 fully saturated rings. The van der Waals surface area contributed by atoms with Gasteiger partial charge in [0.1, 0.15) is 5.82 Å². The zero-order valence-electron chi connectivity index (χ0n) is 30.9. The third-order valence-electron chi connectivity index (χ3n) is 7.37. The van der Waals surface area contributed by atoms with E-state index in [-0.39, 0.29) is 31.5 Å². The van der Waals surface area contributed by atoms with Crippen molar-refractivity contribution in [1.82, 2.24) is 9.97 Å². The third kappa shape index (κ3) is 7.18. The van der Waals surface area contributed by atoms with Crippen LogP contribution in [0.25, 0.3) is 53.8 Å². The van der Waals surface area contributed by atoms with Crippen LogP contribution in [-0.4, -0.2) is 23.2 Å². The number of aromatic nitrogens is 2. The van der Waals surface area contributed by atoms with Gasteiger partial charge in [0, 0.05) is 30.4 Å². The molecule has 7 rings (SSSR count). The molecule has 0 amide bonds. The second-order valence-electron chi connectivity index (χ2n) is 11.5. The number of benzene rings is 4. The van der Waals surface area contributed by atoms with Gasteiger partial charge in [-0.25, -0.2) is 4.39 Å². The zero-order chi connectivity index (χ0) is 35.8. The van der Waals surface area contributed by atoms with E-state index in [0.29, 0.717) is 21.5 Å². The van der Waals surface area contributed by atoms with E-state index in [9.17, 15) is 4.39 Å². The number of hydrogen-bond donors (Lipinski definition) is 0. The first kappa shape index (κ1) is 25.7. The van der Waals surface area contributed by atoms with Crippen LogP contribution in [0.5, 0.6) is 0 Å². The van der Waals surface area contributed by atoms with Crippen LogP contribution < -0.4 is 4.40 Å². The minimum atomic E-state index is -2.28. The van der Waals surface area contributed by atoms with Gasteiger partial charge in [-0.15, -0.1) is 23.8 Å². The van der Waals surface area contributed by atoms with E-state index >= 15 is 0 Å². The molecular weight excluding hydrogens is 812 g/mol. The van der Waals surface area contributed by atoms with Gasteiger partial charge in [-0.1, -0.05) is 53.9 Å². The fraction of sp³-hybridized carbons (Fsp3) is 0.128. The van der Waals surface area contributed by atoms with Crippen LogP contribution in [0.4, 0.5) is 4.39 Å². The summed E-state index contributed by atoms with van der Waals surface area (Å²) in [6.07, 6.45) is 3.37. The summed E-state index contributed by atoms with van der Waals surface area (Å²) in [6, 6.07) is 35.3. The van der Waals surface area contributed by atoms with Gasteiger partial charge in [0.15, 0.2) is 0 Å². The molecule has 0 aliphatic carbocycles. The standard InChI is InChI=1S/C24H15FNS.C15H18GeN.Ir/c1-15-14-26-22(13-20(15)16-7-3-2-4-8-16)19-11-5-9-17-18-10-6-12-21(25)24(18)27-23(17)19;1-12-5-7-13(8-6-12)15-10-9-14(11-17-15)16(2,3)4;/h2-10,12-14H,1H3;5-7,9-11H,1-4H3;/q2*-1;/i2*1D3;. The molecule has 6 heteroatoms. The number of thiophene rings is 1. The molecule has 7 aromatic rings. The molecule has 1 radical (unpaired) electrons. The second-order valence-corrected chi connectivity index (χ2v) is 23.1. The number of nitrogens with zero attached hydrogens (tertiary/aromatic N) is 2. The first-order chi connectivity index (χ1) is 23.6. The van der Waals surface area contributed by atoms with E-state index in [1.807, 2.05) is 54.7 Å². The van der Waals surface area contributed by atoms with Crippen molar-refractivity contribution in [3.05, 3.63) is 139 Å². The maximum atomic E-state index is 14.4. The van der Waals surface area contributed by atoms with E-state index in [0.717, 1.165) is 37.9 Å². The van der Waals surface area contributed by atoms with Gasteiger partial charge in [-0.2, -0.15) is 11.3 Å². The van der Waals surface area contributed by atoms with Crippen LogP contribution >= 0.6 is 11.3 Å². The van der Waals surface area contributed by atoms with Crippen LogP contribution in [0.15, 0.2) is 109 Å². The molecule has 3 heterocycles. The summed E-state index contributed by atoms with van der Waals surface area (Å²) in [5.41, 5.74) is 4.93. The van der Waals surface area contributed by atoms with Gasteiger partial charge in [-0.3, -0.25) is 0 Å².